The second-order valence-electron chi connectivity index (χ2n) is 8.20. The normalized spacial score (nSPS) is 17.1. The zero-order valence-electron chi connectivity index (χ0n) is 17.2. The maximum Gasteiger partial charge on any atom is 0.416 e. The quantitative estimate of drug-likeness (QED) is 0.731. The van der Waals surface area contributed by atoms with Gasteiger partial charge in [-0.2, -0.15) is 18.3 Å². The smallest absolute Gasteiger partial charge is 0.416 e. The molecular weight excluding hydrogens is 383 g/mol. The number of alkyl halides is 3. The number of esters is 1. The lowest BCUT2D eigenvalue weighted by Gasteiger charge is -2.30. The standard InChI is InChI=1S/C21H24F3N3O2/c1-11-14(19(28)29-6)15(12-8-7-9-13(10-12)21(22,23)24)16-17(20(2,3)4)26-27(5)18(16)25-11/h7-10,15,25H,1-6H3. The van der Waals surface area contributed by atoms with Gasteiger partial charge in [0.1, 0.15) is 5.82 Å². The molecule has 0 amide bonds. The van der Waals surface area contributed by atoms with Gasteiger partial charge < -0.3 is 10.1 Å². The molecule has 5 nitrogen and oxygen atoms in total. The van der Waals surface area contributed by atoms with E-state index in [1.54, 1.807) is 24.7 Å². The number of aryl methyl sites for hydroxylation is 1. The number of methoxy groups -OCH3 is 1. The molecule has 29 heavy (non-hydrogen) atoms. The summed E-state index contributed by atoms with van der Waals surface area (Å²) in [5, 5.41) is 7.81. The molecule has 2 aromatic rings. The highest BCUT2D eigenvalue weighted by molar-refractivity contribution is 5.94. The first-order valence-electron chi connectivity index (χ1n) is 9.17. The Morgan fingerprint density at radius 3 is 2.45 bits per heavy atom. The molecule has 0 spiro atoms. The number of hydrogen-bond donors (Lipinski definition) is 1. The van der Waals surface area contributed by atoms with Crippen LogP contribution in [0.15, 0.2) is 35.5 Å². The SMILES string of the molecule is COC(=O)C1=C(C)Nc2c(c(C(C)(C)C)nn2C)C1c1cccc(C(F)(F)F)c1. The highest BCUT2D eigenvalue weighted by Gasteiger charge is 2.40. The average molecular weight is 407 g/mol. The number of allylic oxidation sites excluding steroid dienone is 1. The number of benzene rings is 1. The van der Waals surface area contributed by atoms with E-state index in [9.17, 15) is 18.0 Å². The van der Waals surface area contributed by atoms with Gasteiger partial charge in [0.25, 0.3) is 0 Å². The molecule has 1 aromatic carbocycles. The van der Waals surface area contributed by atoms with Crippen LogP contribution >= 0.6 is 0 Å². The number of hydrogen-bond acceptors (Lipinski definition) is 4. The molecule has 1 aliphatic heterocycles. The molecular formula is C21H24F3N3O2. The number of aromatic nitrogens is 2. The summed E-state index contributed by atoms with van der Waals surface area (Å²) in [5.41, 5.74) is 1.40. The fourth-order valence-electron chi connectivity index (χ4n) is 3.73. The van der Waals surface area contributed by atoms with Crippen molar-refractivity contribution in [3.05, 3.63) is 57.9 Å². The van der Waals surface area contributed by atoms with E-state index in [2.05, 4.69) is 10.4 Å². The summed E-state index contributed by atoms with van der Waals surface area (Å²) in [5.74, 6) is -0.668. The van der Waals surface area contributed by atoms with Crippen molar-refractivity contribution in [2.24, 2.45) is 7.05 Å². The summed E-state index contributed by atoms with van der Waals surface area (Å²) in [4.78, 5) is 12.7. The second-order valence-corrected chi connectivity index (χ2v) is 8.20. The highest BCUT2D eigenvalue weighted by atomic mass is 19.4. The molecule has 1 aromatic heterocycles. The molecule has 0 bridgehead atoms. The molecule has 1 N–H and O–H groups in total. The van der Waals surface area contributed by atoms with Crippen molar-refractivity contribution in [1.82, 2.24) is 9.78 Å². The maximum atomic E-state index is 13.4. The Balaban J connectivity index is 2.34. The third kappa shape index (κ3) is 3.63. The Hall–Kier alpha value is -2.77. The first-order chi connectivity index (χ1) is 13.4. The predicted octanol–water partition coefficient (Wildman–Crippen LogP) is 4.74. The molecule has 0 radical (unpaired) electrons. The summed E-state index contributed by atoms with van der Waals surface area (Å²) in [6.45, 7) is 7.63. The Kier molecular flexibility index (Phi) is 5.01. The topological polar surface area (TPSA) is 56.1 Å². The molecule has 0 aliphatic carbocycles. The van der Waals surface area contributed by atoms with Gasteiger partial charge in [0.15, 0.2) is 0 Å². The Bertz CT molecular complexity index is 998. The van der Waals surface area contributed by atoms with Crippen molar-refractivity contribution < 1.29 is 22.7 Å². The number of ether oxygens (including phenoxy) is 1. The molecule has 8 heteroatoms. The summed E-state index contributed by atoms with van der Waals surface area (Å²) in [6, 6.07) is 5.07. The van der Waals surface area contributed by atoms with Crippen molar-refractivity contribution in [1.29, 1.82) is 0 Å². The Labute approximate surface area is 167 Å². The van der Waals surface area contributed by atoms with Gasteiger partial charge in [0.2, 0.25) is 0 Å². The molecule has 0 fully saturated rings. The number of carbonyl (C=O) groups is 1. The summed E-state index contributed by atoms with van der Waals surface area (Å²) < 4.78 is 46.7. The molecule has 2 heterocycles. The molecule has 0 saturated carbocycles. The Morgan fingerprint density at radius 2 is 1.90 bits per heavy atom. The van der Waals surface area contributed by atoms with Crippen molar-refractivity contribution >= 4 is 11.8 Å². The van der Waals surface area contributed by atoms with Gasteiger partial charge in [-0.15, -0.1) is 0 Å². The van der Waals surface area contributed by atoms with Crippen molar-refractivity contribution in [3.8, 4) is 0 Å². The minimum absolute atomic E-state index is 0.276. The van der Waals surface area contributed by atoms with E-state index in [-0.39, 0.29) is 11.0 Å². The number of fused-ring (bicyclic) bond motifs is 1. The van der Waals surface area contributed by atoms with Gasteiger partial charge in [-0.1, -0.05) is 39.0 Å². The van der Waals surface area contributed by atoms with Gasteiger partial charge in [-0.25, -0.2) is 4.79 Å². The fourth-order valence-corrected chi connectivity index (χ4v) is 3.73. The van der Waals surface area contributed by atoms with Crippen molar-refractivity contribution in [2.75, 3.05) is 12.4 Å². The van der Waals surface area contributed by atoms with Gasteiger partial charge in [-0.05, 0) is 18.6 Å². The molecule has 0 saturated heterocycles. The highest BCUT2D eigenvalue weighted by Crippen LogP contribution is 2.47. The van der Waals surface area contributed by atoms with Crippen LogP contribution in [0, 0.1) is 0 Å². The molecule has 3 rings (SSSR count). The number of nitrogens with one attached hydrogen (secondary N) is 1. The van der Waals surface area contributed by atoms with Crippen LogP contribution in [0.5, 0.6) is 0 Å². The average Bonchev–Trinajstić information content (AvgIpc) is 2.96. The molecule has 156 valence electrons. The van der Waals surface area contributed by atoms with Gasteiger partial charge >= 0.3 is 12.1 Å². The van der Waals surface area contributed by atoms with Crippen molar-refractivity contribution in [3.63, 3.8) is 0 Å². The zero-order valence-corrected chi connectivity index (χ0v) is 17.2. The van der Waals surface area contributed by atoms with E-state index in [0.717, 1.165) is 12.1 Å². The van der Waals surface area contributed by atoms with Crippen LogP contribution < -0.4 is 5.32 Å². The van der Waals surface area contributed by atoms with Crippen LogP contribution in [0.3, 0.4) is 0 Å². The summed E-state index contributed by atoms with van der Waals surface area (Å²) in [7, 11) is 3.02. The van der Waals surface area contributed by atoms with E-state index in [0.29, 0.717) is 28.3 Å². The lowest BCUT2D eigenvalue weighted by Crippen LogP contribution is -2.26. The number of anilines is 1. The van der Waals surface area contributed by atoms with Gasteiger partial charge in [0, 0.05) is 29.6 Å². The van der Waals surface area contributed by atoms with Crippen molar-refractivity contribution in [2.45, 2.75) is 45.2 Å². The predicted molar refractivity (Wildman–Crippen MR) is 104 cm³/mol. The fraction of sp³-hybridized carbons (Fsp3) is 0.429. The van der Waals surface area contributed by atoms with Crippen LogP contribution in [0.25, 0.3) is 0 Å². The minimum atomic E-state index is -4.49. The first-order valence-corrected chi connectivity index (χ1v) is 9.17. The van der Waals surface area contributed by atoms with E-state index >= 15 is 0 Å². The summed E-state index contributed by atoms with van der Waals surface area (Å²) >= 11 is 0. The third-order valence-corrected chi connectivity index (χ3v) is 5.03. The van der Waals surface area contributed by atoms with Crippen LogP contribution in [-0.2, 0) is 28.2 Å². The monoisotopic (exact) mass is 407 g/mol. The number of nitrogens with zero attached hydrogens (tertiary/aromatic N) is 2. The molecule has 1 atom stereocenters. The summed E-state index contributed by atoms with van der Waals surface area (Å²) in [6.07, 6.45) is -4.49. The largest absolute Gasteiger partial charge is 0.466 e. The van der Waals surface area contributed by atoms with E-state index in [1.165, 1.54) is 13.2 Å². The third-order valence-electron chi connectivity index (χ3n) is 5.03. The second kappa shape index (κ2) is 6.93. The first kappa shape index (κ1) is 21.0. The minimum Gasteiger partial charge on any atom is -0.466 e. The zero-order chi connectivity index (χ0) is 21.7. The molecule has 1 aliphatic rings. The van der Waals surface area contributed by atoms with Gasteiger partial charge in [-0.3, -0.25) is 4.68 Å². The van der Waals surface area contributed by atoms with Crippen LogP contribution in [0.4, 0.5) is 19.0 Å². The lowest BCUT2D eigenvalue weighted by atomic mass is 9.77. The van der Waals surface area contributed by atoms with Gasteiger partial charge in [0.05, 0.1) is 23.9 Å². The van der Waals surface area contributed by atoms with E-state index in [1.807, 2.05) is 20.8 Å². The maximum absolute atomic E-state index is 13.4. The number of halogens is 3. The number of rotatable bonds is 2. The van der Waals surface area contributed by atoms with E-state index < -0.39 is 23.6 Å². The van der Waals surface area contributed by atoms with E-state index in [4.69, 9.17) is 4.74 Å². The number of carbonyl (C=O) groups excluding carboxylic acids is 1. The lowest BCUT2D eigenvalue weighted by molar-refractivity contribution is -0.137. The molecule has 1 unspecified atom stereocenters. The van der Waals surface area contributed by atoms with Crippen LogP contribution in [0.2, 0.25) is 0 Å². The Morgan fingerprint density at radius 1 is 1.24 bits per heavy atom. The van der Waals surface area contributed by atoms with Crippen LogP contribution in [-0.4, -0.2) is 22.9 Å². The van der Waals surface area contributed by atoms with Crippen LogP contribution in [0.1, 0.15) is 56.0 Å².